The van der Waals surface area contributed by atoms with Gasteiger partial charge >= 0.3 is 0 Å². The minimum atomic E-state index is -0.609. The SMILES string of the molecule is CCOc1cc(CNc2cc(F)cc(F)c2)ccc1OC. The molecule has 2 rings (SSSR count). The lowest BCUT2D eigenvalue weighted by atomic mass is 10.2. The maximum Gasteiger partial charge on any atom is 0.161 e. The molecule has 0 fully saturated rings. The summed E-state index contributed by atoms with van der Waals surface area (Å²) in [5, 5.41) is 2.97. The van der Waals surface area contributed by atoms with E-state index in [0.717, 1.165) is 11.6 Å². The maximum absolute atomic E-state index is 13.1. The van der Waals surface area contributed by atoms with Crippen LogP contribution in [0.1, 0.15) is 12.5 Å². The Morgan fingerprint density at radius 2 is 1.71 bits per heavy atom. The Morgan fingerprint density at radius 3 is 2.33 bits per heavy atom. The molecule has 21 heavy (non-hydrogen) atoms. The molecule has 1 N–H and O–H groups in total. The smallest absolute Gasteiger partial charge is 0.161 e. The van der Waals surface area contributed by atoms with E-state index in [-0.39, 0.29) is 0 Å². The predicted octanol–water partition coefficient (Wildman–Crippen LogP) is 3.98. The van der Waals surface area contributed by atoms with Crippen molar-refractivity contribution in [2.75, 3.05) is 19.0 Å². The number of anilines is 1. The molecule has 2 aromatic carbocycles. The average Bonchev–Trinajstić information content (AvgIpc) is 2.45. The number of hydrogen-bond donors (Lipinski definition) is 1. The van der Waals surface area contributed by atoms with Crippen molar-refractivity contribution < 1.29 is 18.3 Å². The van der Waals surface area contributed by atoms with E-state index in [1.165, 1.54) is 12.1 Å². The molecule has 2 aromatic rings. The molecule has 0 amide bonds. The van der Waals surface area contributed by atoms with Gasteiger partial charge in [0.05, 0.1) is 13.7 Å². The Labute approximate surface area is 122 Å². The second-order valence-corrected chi connectivity index (χ2v) is 4.43. The second kappa shape index (κ2) is 6.92. The summed E-state index contributed by atoms with van der Waals surface area (Å²) in [6.45, 7) is 2.84. The van der Waals surface area contributed by atoms with Crippen LogP contribution in [0.3, 0.4) is 0 Å². The van der Waals surface area contributed by atoms with E-state index >= 15 is 0 Å². The molecule has 0 bridgehead atoms. The minimum absolute atomic E-state index is 0.390. The molecular weight excluding hydrogens is 276 g/mol. The summed E-state index contributed by atoms with van der Waals surface area (Å²) in [6, 6.07) is 8.83. The molecule has 0 atom stereocenters. The van der Waals surface area contributed by atoms with Gasteiger partial charge in [-0.3, -0.25) is 0 Å². The molecule has 0 spiro atoms. The number of benzene rings is 2. The van der Waals surface area contributed by atoms with E-state index < -0.39 is 11.6 Å². The lowest BCUT2D eigenvalue weighted by Gasteiger charge is -2.12. The summed E-state index contributed by atoms with van der Waals surface area (Å²) in [7, 11) is 1.57. The van der Waals surface area contributed by atoms with E-state index in [4.69, 9.17) is 9.47 Å². The van der Waals surface area contributed by atoms with Gasteiger partial charge in [-0.15, -0.1) is 0 Å². The molecule has 5 heteroatoms. The number of nitrogens with one attached hydrogen (secondary N) is 1. The van der Waals surface area contributed by atoms with Crippen LogP contribution in [0.4, 0.5) is 14.5 Å². The van der Waals surface area contributed by atoms with Crippen LogP contribution < -0.4 is 14.8 Å². The zero-order valence-corrected chi connectivity index (χ0v) is 12.0. The highest BCUT2D eigenvalue weighted by Crippen LogP contribution is 2.28. The van der Waals surface area contributed by atoms with Gasteiger partial charge in [-0.1, -0.05) is 6.07 Å². The van der Waals surface area contributed by atoms with Crippen molar-refractivity contribution in [2.45, 2.75) is 13.5 Å². The molecule has 0 saturated carbocycles. The Bertz CT molecular complexity index is 597. The van der Waals surface area contributed by atoms with Crippen LogP contribution in [0.2, 0.25) is 0 Å². The third kappa shape index (κ3) is 4.08. The van der Waals surface area contributed by atoms with Crippen LogP contribution in [0.15, 0.2) is 36.4 Å². The summed E-state index contributed by atoms with van der Waals surface area (Å²) in [4.78, 5) is 0. The quantitative estimate of drug-likeness (QED) is 0.873. The summed E-state index contributed by atoms with van der Waals surface area (Å²) < 4.78 is 36.9. The first-order chi connectivity index (χ1) is 10.1. The standard InChI is InChI=1S/C16H17F2NO2/c1-3-21-16-6-11(4-5-15(16)20-2)10-19-14-8-12(17)7-13(18)9-14/h4-9,19H,3,10H2,1-2H3. The van der Waals surface area contributed by atoms with Gasteiger partial charge in [-0.05, 0) is 36.8 Å². The van der Waals surface area contributed by atoms with Crippen LogP contribution in [-0.2, 0) is 6.54 Å². The van der Waals surface area contributed by atoms with E-state index in [1.807, 2.05) is 19.1 Å². The third-order valence-electron chi connectivity index (χ3n) is 2.89. The molecule has 0 aliphatic carbocycles. The van der Waals surface area contributed by atoms with Gasteiger partial charge in [0.1, 0.15) is 11.6 Å². The van der Waals surface area contributed by atoms with Crippen molar-refractivity contribution in [1.29, 1.82) is 0 Å². The molecule has 0 aliphatic heterocycles. The molecule has 0 radical (unpaired) electrons. The van der Waals surface area contributed by atoms with E-state index in [0.29, 0.717) is 30.3 Å². The van der Waals surface area contributed by atoms with Crippen molar-refractivity contribution in [2.24, 2.45) is 0 Å². The average molecular weight is 293 g/mol. The molecule has 0 aromatic heterocycles. The lowest BCUT2D eigenvalue weighted by Crippen LogP contribution is -2.02. The molecular formula is C16H17F2NO2. The van der Waals surface area contributed by atoms with Gasteiger partial charge in [-0.2, -0.15) is 0 Å². The van der Waals surface area contributed by atoms with E-state index in [1.54, 1.807) is 13.2 Å². The highest BCUT2D eigenvalue weighted by molar-refractivity contribution is 5.47. The fraction of sp³-hybridized carbons (Fsp3) is 0.250. The molecule has 112 valence electrons. The van der Waals surface area contributed by atoms with Crippen molar-refractivity contribution in [1.82, 2.24) is 0 Å². The van der Waals surface area contributed by atoms with Gasteiger partial charge < -0.3 is 14.8 Å². The van der Waals surface area contributed by atoms with Crippen LogP contribution in [0.5, 0.6) is 11.5 Å². The van der Waals surface area contributed by atoms with Crippen molar-refractivity contribution in [3.63, 3.8) is 0 Å². The molecule has 3 nitrogen and oxygen atoms in total. The molecule has 0 aliphatic rings. The van der Waals surface area contributed by atoms with Crippen LogP contribution >= 0.6 is 0 Å². The van der Waals surface area contributed by atoms with Crippen molar-refractivity contribution in [3.05, 3.63) is 53.6 Å². The first kappa shape index (κ1) is 15.1. The Balaban J connectivity index is 2.10. The fourth-order valence-corrected chi connectivity index (χ4v) is 1.96. The van der Waals surface area contributed by atoms with E-state index in [9.17, 15) is 8.78 Å². The molecule has 0 saturated heterocycles. The highest BCUT2D eigenvalue weighted by Gasteiger charge is 2.06. The zero-order chi connectivity index (χ0) is 15.2. The van der Waals surface area contributed by atoms with Gasteiger partial charge in [0.2, 0.25) is 0 Å². The number of rotatable bonds is 6. The zero-order valence-electron chi connectivity index (χ0n) is 12.0. The van der Waals surface area contributed by atoms with E-state index in [2.05, 4.69) is 5.32 Å². The number of hydrogen-bond acceptors (Lipinski definition) is 3. The molecule has 0 heterocycles. The van der Waals surface area contributed by atoms with Gasteiger partial charge in [0.25, 0.3) is 0 Å². The van der Waals surface area contributed by atoms with Gasteiger partial charge in [0.15, 0.2) is 11.5 Å². The lowest BCUT2D eigenvalue weighted by molar-refractivity contribution is 0.310. The Kier molecular flexibility index (Phi) is 4.98. The van der Waals surface area contributed by atoms with Crippen molar-refractivity contribution >= 4 is 5.69 Å². The molecule has 0 unspecified atom stereocenters. The fourth-order valence-electron chi connectivity index (χ4n) is 1.96. The summed E-state index contributed by atoms with van der Waals surface area (Å²) in [6.07, 6.45) is 0. The largest absolute Gasteiger partial charge is 0.493 e. The van der Waals surface area contributed by atoms with Crippen LogP contribution in [0.25, 0.3) is 0 Å². The topological polar surface area (TPSA) is 30.5 Å². The maximum atomic E-state index is 13.1. The number of ether oxygens (including phenoxy) is 2. The summed E-state index contributed by atoms with van der Waals surface area (Å²) in [5.41, 5.74) is 1.31. The summed E-state index contributed by atoms with van der Waals surface area (Å²) in [5.74, 6) is 0.0756. The third-order valence-corrected chi connectivity index (χ3v) is 2.89. The van der Waals surface area contributed by atoms with Crippen molar-refractivity contribution in [3.8, 4) is 11.5 Å². The summed E-state index contributed by atoms with van der Waals surface area (Å²) >= 11 is 0. The minimum Gasteiger partial charge on any atom is -0.493 e. The van der Waals surface area contributed by atoms with Gasteiger partial charge in [0, 0.05) is 18.3 Å². The Hall–Kier alpha value is -2.30. The van der Waals surface area contributed by atoms with Crippen LogP contribution in [0, 0.1) is 11.6 Å². The monoisotopic (exact) mass is 293 g/mol. The van der Waals surface area contributed by atoms with Gasteiger partial charge in [-0.25, -0.2) is 8.78 Å². The highest BCUT2D eigenvalue weighted by atomic mass is 19.1. The predicted molar refractivity (Wildman–Crippen MR) is 77.8 cm³/mol. The first-order valence-electron chi connectivity index (χ1n) is 6.62. The number of halogens is 2. The number of methoxy groups -OCH3 is 1. The Morgan fingerprint density at radius 1 is 1.00 bits per heavy atom. The van der Waals surface area contributed by atoms with Crippen LogP contribution in [-0.4, -0.2) is 13.7 Å². The normalized spacial score (nSPS) is 10.3. The second-order valence-electron chi connectivity index (χ2n) is 4.43. The first-order valence-corrected chi connectivity index (χ1v) is 6.62.